The van der Waals surface area contributed by atoms with Crippen LogP contribution in [0.3, 0.4) is 0 Å². The molecular formula is C18H17FN6O2. The topological polar surface area (TPSA) is 97.9 Å². The van der Waals surface area contributed by atoms with Crippen LogP contribution in [0.4, 0.5) is 4.39 Å². The van der Waals surface area contributed by atoms with Crippen molar-refractivity contribution < 1.29 is 13.7 Å². The number of aromatic nitrogens is 5. The Morgan fingerprint density at radius 3 is 2.59 bits per heavy atom. The molecule has 8 nitrogen and oxygen atoms in total. The second-order valence-electron chi connectivity index (χ2n) is 6.46. The number of alkyl halides is 1. The Labute approximate surface area is 154 Å². The normalized spacial score (nSPS) is 16.3. The number of aryl methyl sites for hydroxylation is 1. The van der Waals surface area contributed by atoms with Crippen LogP contribution < -0.4 is 0 Å². The molecule has 1 saturated heterocycles. The van der Waals surface area contributed by atoms with E-state index in [0.717, 1.165) is 5.69 Å². The quantitative estimate of drug-likeness (QED) is 0.700. The third-order valence-corrected chi connectivity index (χ3v) is 4.59. The number of amides is 1. The maximum absolute atomic E-state index is 15.4. The number of likely N-dealkylation sites (tertiary alicyclic amines) is 1. The van der Waals surface area contributed by atoms with Crippen molar-refractivity contribution in [3.63, 3.8) is 0 Å². The minimum atomic E-state index is -1.76. The molecule has 27 heavy (non-hydrogen) atoms. The van der Waals surface area contributed by atoms with E-state index in [1.807, 2.05) is 0 Å². The average molecular weight is 368 g/mol. The SMILES string of the molecule is Cc1cnc(C(=O)N2CCC(F)(c3nc(-c4ccncc4)no3)CC2)cn1. The molecule has 0 atom stereocenters. The molecule has 4 rings (SSSR count). The van der Waals surface area contributed by atoms with Gasteiger partial charge in [0.15, 0.2) is 5.67 Å². The molecule has 9 heteroatoms. The van der Waals surface area contributed by atoms with E-state index < -0.39 is 5.67 Å². The summed E-state index contributed by atoms with van der Waals surface area (Å²) in [6, 6.07) is 3.45. The summed E-state index contributed by atoms with van der Waals surface area (Å²) in [5.74, 6) is 0.00181. The number of carbonyl (C=O) groups excluding carboxylic acids is 1. The van der Waals surface area contributed by atoms with Crippen molar-refractivity contribution >= 4 is 5.91 Å². The van der Waals surface area contributed by atoms with E-state index in [4.69, 9.17) is 4.52 Å². The third-order valence-electron chi connectivity index (χ3n) is 4.59. The lowest BCUT2D eigenvalue weighted by molar-refractivity contribution is 0.0245. The Bertz CT molecular complexity index is 936. The molecule has 3 aromatic rings. The predicted octanol–water partition coefficient (Wildman–Crippen LogP) is 2.33. The van der Waals surface area contributed by atoms with Crippen LogP contribution in [0.15, 0.2) is 41.4 Å². The molecule has 1 amide bonds. The standard InChI is InChI=1S/C18H17FN6O2/c1-12-10-22-14(11-21-12)16(26)25-8-4-18(19,5-9-25)17-23-15(24-27-17)13-2-6-20-7-3-13/h2-3,6-7,10-11H,4-5,8-9H2,1H3. The zero-order chi connectivity index (χ0) is 18.9. The van der Waals surface area contributed by atoms with Crippen LogP contribution in [0.2, 0.25) is 0 Å². The first-order valence-electron chi connectivity index (χ1n) is 8.57. The maximum Gasteiger partial charge on any atom is 0.274 e. The summed E-state index contributed by atoms with van der Waals surface area (Å²) in [5.41, 5.74) is -0.0677. The second kappa shape index (κ2) is 6.82. The van der Waals surface area contributed by atoms with Gasteiger partial charge in [-0.1, -0.05) is 5.16 Å². The second-order valence-corrected chi connectivity index (χ2v) is 6.46. The average Bonchev–Trinajstić information content (AvgIpc) is 3.21. The van der Waals surface area contributed by atoms with Crippen LogP contribution in [0.5, 0.6) is 0 Å². The molecule has 0 saturated carbocycles. The fourth-order valence-electron chi connectivity index (χ4n) is 2.97. The van der Waals surface area contributed by atoms with Gasteiger partial charge in [0.1, 0.15) is 5.69 Å². The van der Waals surface area contributed by atoms with Crippen molar-refractivity contribution in [1.82, 2.24) is 30.0 Å². The summed E-state index contributed by atoms with van der Waals surface area (Å²) in [7, 11) is 0. The zero-order valence-electron chi connectivity index (χ0n) is 14.7. The number of hydrogen-bond acceptors (Lipinski definition) is 7. The first-order valence-corrected chi connectivity index (χ1v) is 8.57. The number of carbonyl (C=O) groups is 1. The molecule has 0 N–H and O–H groups in total. The van der Waals surface area contributed by atoms with Crippen LogP contribution in [0, 0.1) is 6.92 Å². The fraction of sp³-hybridized carbons (Fsp3) is 0.333. The van der Waals surface area contributed by atoms with Crippen molar-refractivity contribution in [3.8, 4) is 11.4 Å². The van der Waals surface area contributed by atoms with Crippen molar-refractivity contribution in [2.45, 2.75) is 25.4 Å². The maximum atomic E-state index is 15.4. The summed E-state index contributed by atoms with van der Waals surface area (Å²) < 4.78 is 20.5. The highest BCUT2D eigenvalue weighted by Gasteiger charge is 2.42. The lowest BCUT2D eigenvalue weighted by Crippen LogP contribution is -2.43. The molecule has 4 heterocycles. The van der Waals surface area contributed by atoms with Crippen LogP contribution >= 0.6 is 0 Å². The van der Waals surface area contributed by atoms with Gasteiger partial charge in [0, 0.05) is 50.1 Å². The van der Waals surface area contributed by atoms with Gasteiger partial charge in [-0.2, -0.15) is 4.98 Å². The number of halogens is 1. The monoisotopic (exact) mass is 368 g/mol. The van der Waals surface area contributed by atoms with E-state index in [1.165, 1.54) is 12.4 Å². The number of piperidine rings is 1. The molecule has 0 unspecified atom stereocenters. The highest BCUT2D eigenvalue weighted by Crippen LogP contribution is 2.37. The molecule has 1 aliphatic rings. The Morgan fingerprint density at radius 2 is 1.93 bits per heavy atom. The smallest absolute Gasteiger partial charge is 0.274 e. The molecule has 1 aliphatic heterocycles. The fourth-order valence-corrected chi connectivity index (χ4v) is 2.97. The largest absolute Gasteiger partial charge is 0.337 e. The number of pyridine rings is 1. The molecule has 0 radical (unpaired) electrons. The molecule has 3 aromatic heterocycles. The van der Waals surface area contributed by atoms with Crippen molar-refractivity contribution in [2.75, 3.05) is 13.1 Å². The number of hydrogen-bond donors (Lipinski definition) is 0. The van der Waals surface area contributed by atoms with Crippen LogP contribution in [-0.2, 0) is 5.67 Å². The van der Waals surface area contributed by atoms with Gasteiger partial charge in [0.25, 0.3) is 11.8 Å². The molecule has 0 aliphatic carbocycles. The van der Waals surface area contributed by atoms with Gasteiger partial charge in [0.05, 0.1) is 11.9 Å². The highest BCUT2D eigenvalue weighted by atomic mass is 19.1. The lowest BCUT2D eigenvalue weighted by atomic mass is 9.93. The zero-order valence-corrected chi connectivity index (χ0v) is 14.7. The number of nitrogens with zero attached hydrogens (tertiary/aromatic N) is 6. The Hall–Kier alpha value is -3.23. The van der Waals surface area contributed by atoms with Gasteiger partial charge in [-0.15, -0.1) is 0 Å². The van der Waals surface area contributed by atoms with E-state index in [0.29, 0.717) is 11.4 Å². The third kappa shape index (κ3) is 3.40. The minimum absolute atomic E-state index is 0.0588. The summed E-state index contributed by atoms with van der Waals surface area (Å²) in [6.07, 6.45) is 6.35. The van der Waals surface area contributed by atoms with Crippen LogP contribution in [-0.4, -0.2) is 49.0 Å². The van der Waals surface area contributed by atoms with E-state index in [2.05, 4.69) is 25.1 Å². The van der Waals surface area contributed by atoms with Gasteiger partial charge in [-0.05, 0) is 19.1 Å². The summed E-state index contributed by atoms with van der Waals surface area (Å²) in [5, 5.41) is 3.86. The molecule has 1 fully saturated rings. The van der Waals surface area contributed by atoms with Crippen molar-refractivity contribution in [1.29, 1.82) is 0 Å². The van der Waals surface area contributed by atoms with E-state index >= 15 is 4.39 Å². The Kier molecular flexibility index (Phi) is 4.35. The minimum Gasteiger partial charge on any atom is -0.337 e. The van der Waals surface area contributed by atoms with E-state index in [1.54, 1.807) is 36.4 Å². The van der Waals surface area contributed by atoms with E-state index in [-0.39, 0.29) is 43.4 Å². The predicted molar refractivity (Wildman–Crippen MR) is 92.2 cm³/mol. The van der Waals surface area contributed by atoms with Crippen LogP contribution in [0.1, 0.15) is 34.9 Å². The molecule has 0 bridgehead atoms. The van der Waals surface area contributed by atoms with Gasteiger partial charge in [0.2, 0.25) is 5.82 Å². The molecule has 0 spiro atoms. The van der Waals surface area contributed by atoms with Crippen molar-refractivity contribution in [2.24, 2.45) is 0 Å². The Morgan fingerprint density at radius 1 is 1.19 bits per heavy atom. The van der Waals surface area contributed by atoms with Gasteiger partial charge in [-0.25, -0.2) is 9.37 Å². The molecular weight excluding hydrogens is 351 g/mol. The van der Waals surface area contributed by atoms with E-state index in [9.17, 15) is 4.79 Å². The van der Waals surface area contributed by atoms with Gasteiger partial charge >= 0.3 is 0 Å². The first-order chi connectivity index (χ1) is 13.0. The number of rotatable bonds is 3. The first kappa shape index (κ1) is 17.2. The Balaban J connectivity index is 1.46. The lowest BCUT2D eigenvalue weighted by Gasteiger charge is -2.33. The van der Waals surface area contributed by atoms with Gasteiger partial charge < -0.3 is 9.42 Å². The summed E-state index contributed by atoms with van der Waals surface area (Å²) >= 11 is 0. The van der Waals surface area contributed by atoms with Crippen molar-refractivity contribution in [3.05, 3.63) is 54.2 Å². The highest BCUT2D eigenvalue weighted by molar-refractivity contribution is 5.92. The molecule has 138 valence electrons. The molecule has 0 aromatic carbocycles. The van der Waals surface area contributed by atoms with Crippen LogP contribution in [0.25, 0.3) is 11.4 Å². The van der Waals surface area contributed by atoms with Gasteiger partial charge in [-0.3, -0.25) is 14.8 Å². The summed E-state index contributed by atoms with van der Waals surface area (Å²) in [6.45, 7) is 2.26. The summed E-state index contributed by atoms with van der Waals surface area (Å²) in [4.78, 5) is 30.4.